The maximum absolute atomic E-state index is 5.81. The maximum atomic E-state index is 5.81. The number of hydrogen-bond donors (Lipinski definition) is 2. The van der Waals surface area contributed by atoms with Crippen molar-refractivity contribution in [3.8, 4) is 0 Å². The topological polar surface area (TPSA) is 50.9 Å². The zero-order valence-corrected chi connectivity index (χ0v) is 9.76. The van der Waals surface area contributed by atoms with Gasteiger partial charge < -0.3 is 11.1 Å². The molecule has 0 saturated heterocycles. The molecular weight excluding hydrogens is 245 g/mol. The third kappa shape index (κ3) is 2.38. The summed E-state index contributed by atoms with van der Waals surface area (Å²) >= 11 is 11.6. The first-order chi connectivity index (χ1) is 7.66. The minimum Gasteiger partial charge on any atom is -0.395 e. The summed E-state index contributed by atoms with van der Waals surface area (Å²) in [6.07, 6.45) is 1.59. The van der Waals surface area contributed by atoms with Gasteiger partial charge in [0, 0.05) is 16.9 Å². The van der Waals surface area contributed by atoms with E-state index in [0.717, 1.165) is 11.4 Å². The average molecular weight is 254 g/mol. The molecule has 0 fully saturated rings. The highest BCUT2D eigenvalue weighted by Crippen LogP contribution is 2.27. The molecule has 1 heterocycles. The first kappa shape index (κ1) is 11.0. The number of nitrogens with zero attached hydrogens (tertiary/aromatic N) is 1. The Labute approximate surface area is 103 Å². The van der Waals surface area contributed by atoms with E-state index in [1.807, 2.05) is 12.1 Å². The Hall–Kier alpha value is -1.45. The van der Waals surface area contributed by atoms with E-state index in [9.17, 15) is 0 Å². The summed E-state index contributed by atoms with van der Waals surface area (Å²) < 4.78 is 0. The second kappa shape index (κ2) is 4.60. The van der Waals surface area contributed by atoms with Crippen LogP contribution in [0.25, 0.3) is 0 Å². The van der Waals surface area contributed by atoms with Gasteiger partial charge in [0.05, 0.1) is 11.4 Å². The lowest BCUT2D eigenvalue weighted by Gasteiger charge is -2.09. The number of hydrogen-bond acceptors (Lipinski definition) is 3. The molecule has 0 aliphatic rings. The highest BCUT2D eigenvalue weighted by Gasteiger charge is 2.03. The summed E-state index contributed by atoms with van der Waals surface area (Å²) in [5.74, 6) is 0. The molecule has 0 radical (unpaired) electrons. The van der Waals surface area contributed by atoms with Crippen LogP contribution >= 0.6 is 23.2 Å². The second-order valence-corrected chi connectivity index (χ2v) is 3.99. The highest BCUT2D eigenvalue weighted by atomic mass is 35.5. The van der Waals surface area contributed by atoms with Crippen LogP contribution in [0.4, 0.5) is 17.1 Å². The smallest absolute Gasteiger partial charge is 0.154 e. The molecule has 82 valence electrons. The molecule has 3 nitrogen and oxygen atoms in total. The Balaban J connectivity index is 2.27. The van der Waals surface area contributed by atoms with Crippen LogP contribution in [0.1, 0.15) is 0 Å². The van der Waals surface area contributed by atoms with Crippen molar-refractivity contribution in [2.75, 3.05) is 11.1 Å². The third-order valence-corrected chi connectivity index (χ3v) is 2.62. The monoisotopic (exact) mass is 253 g/mol. The number of pyridine rings is 1. The van der Waals surface area contributed by atoms with E-state index in [0.29, 0.717) is 15.9 Å². The maximum Gasteiger partial charge on any atom is 0.154 e. The zero-order valence-electron chi connectivity index (χ0n) is 8.24. The predicted molar refractivity (Wildman–Crippen MR) is 68.4 cm³/mol. The van der Waals surface area contributed by atoms with Crippen LogP contribution in [0.2, 0.25) is 10.2 Å². The molecule has 3 N–H and O–H groups in total. The highest BCUT2D eigenvalue weighted by molar-refractivity contribution is 6.32. The van der Waals surface area contributed by atoms with Gasteiger partial charge in [0.2, 0.25) is 0 Å². The van der Waals surface area contributed by atoms with Gasteiger partial charge in [-0.1, -0.05) is 23.2 Å². The van der Waals surface area contributed by atoms with Gasteiger partial charge in [0.25, 0.3) is 0 Å². The fourth-order valence-corrected chi connectivity index (χ4v) is 1.53. The quantitative estimate of drug-likeness (QED) is 0.803. The molecule has 1 aromatic heterocycles. The molecule has 0 bridgehead atoms. The van der Waals surface area contributed by atoms with Crippen LogP contribution in [-0.4, -0.2) is 4.98 Å². The van der Waals surface area contributed by atoms with Gasteiger partial charge in [0.15, 0.2) is 5.15 Å². The largest absolute Gasteiger partial charge is 0.395 e. The zero-order chi connectivity index (χ0) is 11.5. The number of nitrogen functional groups attached to an aromatic ring is 1. The van der Waals surface area contributed by atoms with Crippen molar-refractivity contribution >= 4 is 40.3 Å². The minimum absolute atomic E-state index is 0.291. The minimum atomic E-state index is 0.291. The Morgan fingerprint density at radius 1 is 1.06 bits per heavy atom. The Morgan fingerprint density at radius 2 is 1.75 bits per heavy atom. The van der Waals surface area contributed by atoms with Gasteiger partial charge >= 0.3 is 0 Å². The normalized spacial score (nSPS) is 10.1. The average Bonchev–Trinajstić information content (AvgIpc) is 2.28. The summed E-state index contributed by atoms with van der Waals surface area (Å²) in [6, 6.07) is 9.06. The molecule has 0 aliphatic carbocycles. The van der Waals surface area contributed by atoms with Gasteiger partial charge in [-0.3, -0.25) is 0 Å². The van der Waals surface area contributed by atoms with E-state index >= 15 is 0 Å². The van der Waals surface area contributed by atoms with Gasteiger partial charge in [0.1, 0.15) is 0 Å². The van der Waals surface area contributed by atoms with Crippen LogP contribution in [0.3, 0.4) is 0 Å². The first-order valence-electron chi connectivity index (χ1n) is 4.59. The van der Waals surface area contributed by atoms with Crippen LogP contribution < -0.4 is 11.1 Å². The molecule has 0 unspecified atom stereocenters. The SMILES string of the molecule is Nc1c(Nc2ccc(Cl)cc2)ccnc1Cl. The molecule has 0 atom stereocenters. The molecule has 5 heteroatoms. The summed E-state index contributed by atoms with van der Waals surface area (Å²) in [7, 11) is 0. The number of nitrogens with one attached hydrogen (secondary N) is 1. The van der Waals surface area contributed by atoms with E-state index in [2.05, 4.69) is 10.3 Å². The van der Waals surface area contributed by atoms with Gasteiger partial charge in [-0.2, -0.15) is 0 Å². The summed E-state index contributed by atoms with van der Waals surface area (Å²) in [5.41, 5.74) is 7.82. The molecule has 0 aliphatic heterocycles. The van der Waals surface area contributed by atoms with Crippen molar-refractivity contribution in [1.82, 2.24) is 4.98 Å². The van der Waals surface area contributed by atoms with Crippen molar-refractivity contribution in [2.45, 2.75) is 0 Å². The third-order valence-electron chi connectivity index (χ3n) is 2.06. The fraction of sp³-hybridized carbons (Fsp3) is 0. The van der Waals surface area contributed by atoms with E-state index in [1.165, 1.54) is 0 Å². The van der Waals surface area contributed by atoms with Crippen LogP contribution in [-0.2, 0) is 0 Å². The van der Waals surface area contributed by atoms with Crippen LogP contribution in [0.15, 0.2) is 36.5 Å². The molecule has 2 aromatic rings. The number of nitrogens with two attached hydrogens (primary N) is 1. The number of aromatic nitrogens is 1. The first-order valence-corrected chi connectivity index (χ1v) is 5.35. The summed E-state index contributed by atoms with van der Waals surface area (Å²) in [6.45, 7) is 0. The summed E-state index contributed by atoms with van der Waals surface area (Å²) in [5, 5.41) is 4.11. The lowest BCUT2D eigenvalue weighted by atomic mass is 10.3. The van der Waals surface area contributed by atoms with Crippen LogP contribution in [0, 0.1) is 0 Å². The molecular formula is C11H9Cl2N3. The number of halogens is 2. The van der Waals surface area contributed by atoms with Crippen molar-refractivity contribution in [1.29, 1.82) is 0 Å². The lowest BCUT2D eigenvalue weighted by molar-refractivity contribution is 1.33. The molecule has 2 rings (SSSR count). The van der Waals surface area contributed by atoms with Gasteiger partial charge in [-0.05, 0) is 30.3 Å². The van der Waals surface area contributed by atoms with Crippen molar-refractivity contribution in [3.63, 3.8) is 0 Å². The van der Waals surface area contributed by atoms with Crippen LogP contribution in [0.5, 0.6) is 0 Å². The van der Waals surface area contributed by atoms with Crippen molar-refractivity contribution < 1.29 is 0 Å². The number of rotatable bonds is 2. The molecule has 1 aromatic carbocycles. The Morgan fingerprint density at radius 3 is 2.44 bits per heavy atom. The molecule has 16 heavy (non-hydrogen) atoms. The van der Waals surface area contributed by atoms with E-state index < -0.39 is 0 Å². The number of benzene rings is 1. The van der Waals surface area contributed by atoms with Gasteiger partial charge in [-0.15, -0.1) is 0 Å². The van der Waals surface area contributed by atoms with Crippen molar-refractivity contribution in [3.05, 3.63) is 46.7 Å². The fourth-order valence-electron chi connectivity index (χ4n) is 1.25. The molecule has 0 amide bonds. The lowest BCUT2D eigenvalue weighted by Crippen LogP contribution is -1.97. The van der Waals surface area contributed by atoms with Gasteiger partial charge in [-0.25, -0.2) is 4.98 Å². The van der Waals surface area contributed by atoms with E-state index in [4.69, 9.17) is 28.9 Å². The predicted octanol–water partition coefficient (Wildman–Crippen LogP) is 3.71. The number of anilines is 3. The van der Waals surface area contributed by atoms with Crippen molar-refractivity contribution in [2.24, 2.45) is 0 Å². The van der Waals surface area contributed by atoms with E-state index in [1.54, 1.807) is 24.4 Å². The standard InChI is InChI=1S/C11H9Cl2N3/c12-7-1-3-8(4-2-7)16-9-5-6-15-11(13)10(9)14/h1-6H,14H2,(H,15,16). The Kier molecular flexibility index (Phi) is 3.17. The Bertz CT molecular complexity index is 497. The molecule has 0 saturated carbocycles. The second-order valence-electron chi connectivity index (χ2n) is 3.19. The van der Waals surface area contributed by atoms with E-state index in [-0.39, 0.29) is 0 Å². The molecule has 0 spiro atoms. The summed E-state index contributed by atoms with van der Waals surface area (Å²) in [4.78, 5) is 3.87.